The number of amides is 2. The molecular weight excluding hydrogens is 342 g/mol. The van der Waals surface area contributed by atoms with Crippen LogP contribution in [0.1, 0.15) is 44.6 Å². The van der Waals surface area contributed by atoms with Gasteiger partial charge in [0.25, 0.3) is 11.8 Å². The van der Waals surface area contributed by atoms with Gasteiger partial charge >= 0.3 is 0 Å². The summed E-state index contributed by atoms with van der Waals surface area (Å²) in [7, 11) is 0. The van der Waals surface area contributed by atoms with Crippen LogP contribution in [0.4, 0.5) is 0 Å². The van der Waals surface area contributed by atoms with Crippen molar-refractivity contribution in [2.24, 2.45) is 0 Å². The van der Waals surface area contributed by atoms with Crippen molar-refractivity contribution in [3.63, 3.8) is 0 Å². The highest BCUT2D eigenvalue weighted by Gasteiger charge is 2.29. The second-order valence-electron chi connectivity index (χ2n) is 7.09. The third kappa shape index (κ3) is 3.47. The zero-order chi connectivity index (χ0) is 18.8. The lowest BCUT2D eigenvalue weighted by molar-refractivity contribution is 0.0531. The number of hydrogen-bond donors (Lipinski definition) is 2. The summed E-state index contributed by atoms with van der Waals surface area (Å²) < 4.78 is 0. The van der Waals surface area contributed by atoms with E-state index in [0.717, 1.165) is 30.6 Å². The van der Waals surface area contributed by atoms with Crippen LogP contribution in [-0.4, -0.2) is 64.5 Å². The topological polar surface area (TPSA) is 81.3 Å². The van der Waals surface area contributed by atoms with E-state index < -0.39 is 0 Å². The van der Waals surface area contributed by atoms with E-state index >= 15 is 0 Å². The molecule has 0 unspecified atom stereocenters. The second kappa shape index (κ2) is 7.52. The van der Waals surface area contributed by atoms with Gasteiger partial charge in [-0.15, -0.1) is 0 Å². The maximum Gasteiger partial charge on any atom is 0.274 e. The summed E-state index contributed by atoms with van der Waals surface area (Å²) >= 11 is 0. The predicted octanol–water partition coefficient (Wildman–Crippen LogP) is 1.22. The Bertz CT molecular complexity index is 835. The number of fused-ring (bicyclic) bond motifs is 1. The number of nitrogens with one attached hydrogen (secondary N) is 2. The van der Waals surface area contributed by atoms with Gasteiger partial charge in [-0.2, -0.15) is 5.10 Å². The van der Waals surface area contributed by atoms with Crippen LogP contribution in [0.15, 0.2) is 24.3 Å². The summed E-state index contributed by atoms with van der Waals surface area (Å²) in [6, 6.07) is 7.78. The van der Waals surface area contributed by atoms with E-state index in [4.69, 9.17) is 0 Å². The van der Waals surface area contributed by atoms with Crippen LogP contribution in [-0.2, 0) is 19.4 Å². The van der Waals surface area contributed by atoms with Gasteiger partial charge in [0.15, 0.2) is 5.69 Å². The quantitative estimate of drug-likeness (QED) is 0.855. The van der Waals surface area contributed by atoms with Crippen LogP contribution in [0.3, 0.4) is 0 Å². The van der Waals surface area contributed by atoms with Crippen molar-refractivity contribution in [3.05, 3.63) is 52.3 Å². The van der Waals surface area contributed by atoms with Crippen molar-refractivity contribution in [2.45, 2.75) is 26.3 Å². The molecule has 2 amide bonds. The molecule has 1 aromatic carbocycles. The van der Waals surface area contributed by atoms with Gasteiger partial charge in [0.2, 0.25) is 0 Å². The van der Waals surface area contributed by atoms with E-state index in [9.17, 15) is 9.59 Å². The zero-order valence-electron chi connectivity index (χ0n) is 15.6. The Labute approximate surface area is 158 Å². The summed E-state index contributed by atoms with van der Waals surface area (Å²) in [5, 5.41) is 10.5. The highest BCUT2D eigenvalue weighted by atomic mass is 16.2. The fourth-order valence-electron chi connectivity index (χ4n) is 3.73. The molecule has 2 aliphatic heterocycles. The lowest BCUT2D eigenvalue weighted by atomic mass is 10.1. The summed E-state index contributed by atoms with van der Waals surface area (Å²) in [4.78, 5) is 29.2. The molecule has 1 saturated heterocycles. The number of nitrogens with zero attached hydrogens (tertiary/aromatic N) is 3. The van der Waals surface area contributed by atoms with Gasteiger partial charge in [-0.05, 0) is 24.1 Å². The Morgan fingerprint density at radius 2 is 1.70 bits per heavy atom. The maximum absolute atomic E-state index is 12.9. The van der Waals surface area contributed by atoms with Gasteiger partial charge in [-0.3, -0.25) is 14.7 Å². The number of H-pyrrole nitrogens is 1. The van der Waals surface area contributed by atoms with E-state index in [1.165, 1.54) is 5.56 Å². The number of aromatic nitrogens is 2. The highest BCUT2D eigenvalue weighted by Crippen LogP contribution is 2.18. The van der Waals surface area contributed by atoms with E-state index in [1.54, 1.807) is 4.90 Å². The SMILES string of the molecule is CCc1ccc(C(=O)N2CCN(C(=O)c3n[nH]c4c3CNCC4)CC2)cc1. The predicted molar refractivity (Wildman–Crippen MR) is 102 cm³/mol. The summed E-state index contributed by atoms with van der Waals surface area (Å²) in [5.41, 5.74) is 4.49. The number of carbonyl (C=O) groups is 2. The number of hydrogen-bond acceptors (Lipinski definition) is 4. The zero-order valence-corrected chi connectivity index (χ0v) is 15.6. The van der Waals surface area contributed by atoms with Crippen molar-refractivity contribution in [1.82, 2.24) is 25.3 Å². The normalized spacial score (nSPS) is 16.9. The summed E-state index contributed by atoms with van der Waals surface area (Å²) in [6.07, 6.45) is 1.83. The molecule has 0 atom stereocenters. The number of aromatic amines is 1. The number of piperazine rings is 1. The molecule has 3 heterocycles. The van der Waals surface area contributed by atoms with Crippen molar-refractivity contribution in [1.29, 1.82) is 0 Å². The minimum atomic E-state index is -0.0457. The van der Waals surface area contributed by atoms with Crippen LogP contribution in [0.2, 0.25) is 0 Å². The van der Waals surface area contributed by atoms with Crippen molar-refractivity contribution in [2.75, 3.05) is 32.7 Å². The number of benzene rings is 1. The lowest BCUT2D eigenvalue weighted by Crippen LogP contribution is -2.50. The van der Waals surface area contributed by atoms with E-state index in [2.05, 4.69) is 22.4 Å². The Balaban J connectivity index is 1.39. The Hall–Kier alpha value is -2.67. The molecule has 0 radical (unpaired) electrons. The molecule has 142 valence electrons. The van der Waals surface area contributed by atoms with Crippen molar-refractivity contribution < 1.29 is 9.59 Å². The Kier molecular flexibility index (Phi) is 4.94. The van der Waals surface area contributed by atoms with Gasteiger partial charge < -0.3 is 15.1 Å². The minimum Gasteiger partial charge on any atom is -0.335 e. The molecule has 27 heavy (non-hydrogen) atoms. The molecular formula is C20H25N5O2. The number of rotatable bonds is 3. The van der Waals surface area contributed by atoms with Crippen LogP contribution < -0.4 is 5.32 Å². The average Bonchev–Trinajstić information content (AvgIpc) is 3.17. The molecule has 7 nitrogen and oxygen atoms in total. The average molecular weight is 367 g/mol. The first-order chi connectivity index (χ1) is 13.2. The van der Waals surface area contributed by atoms with Gasteiger partial charge in [0.05, 0.1) is 0 Å². The minimum absolute atomic E-state index is 0.0334. The first kappa shape index (κ1) is 17.7. The molecule has 7 heteroatoms. The summed E-state index contributed by atoms with van der Waals surface area (Å²) in [5.74, 6) is -0.0123. The fourth-order valence-corrected chi connectivity index (χ4v) is 3.73. The molecule has 1 fully saturated rings. The molecule has 0 aliphatic carbocycles. The summed E-state index contributed by atoms with van der Waals surface area (Å²) in [6.45, 7) is 5.84. The van der Waals surface area contributed by atoms with Gasteiger partial charge in [0.1, 0.15) is 0 Å². The smallest absolute Gasteiger partial charge is 0.274 e. The molecule has 1 aromatic heterocycles. The van der Waals surface area contributed by atoms with Gasteiger partial charge in [-0.25, -0.2) is 0 Å². The number of carbonyl (C=O) groups excluding carboxylic acids is 2. The molecule has 4 rings (SSSR count). The van der Waals surface area contributed by atoms with Crippen LogP contribution in [0, 0.1) is 0 Å². The van der Waals surface area contributed by atoms with E-state index in [1.807, 2.05) is 29.2 Å². The van der Waals surface area contributed by atoms with Crippen molar-refractivity contribution >= 4 is 11.8 Å². The van der Waals surface area contributed by atoms with Crippen molar-refractivity contribution in [3.8, 4) is 0 Å². The molecule has 2 aromatic rings. The molecule has 0 spiro atoms. The molecule has 0 saturated carbocycles. The second-order valence-corrected chi connectivity index (χ2v) is 7.09. The standard InChI is InChI=1S/C20H25N5O2/c1-2-14-3-5-15(6-4-14)19(26)24-9-11-25(12-10-24)20(27)18-16-13-21-8-7-17(16)22-23-18/h3-6,21H,2,7-13H2,1H3,(H,22,23). The lowest BCUT2D eigenvalue weighted by Gasteiger charge is -2.34. The third-order valence-corrected chi connectivity index (χ3v) is 5.47. The molecule has 0 bridgehead atoms. The molecule has 2 N–H and O–H groups in total. The van der Waals surface area contributed by atoms with Crippen LogP contribution in [0.25, 0.3) is 0 Å². The number of aryl methyl sites for hydroxylation is 1. The maximum atomic E-state index is 12.9. The van der Waals surface area contributed by atoms with Crippen LogP contribution >= 0.6 is 0 Å². The Morgan fingerprint density at radius 3 is 2.37 bits per heavy atom. The first-order valence-corrected chi connectivity index (χ1v) is 9.61. The van der Waals surface area contributed by atoms with Crippen LogP contribution in [0.5, 0.6) is 0 Å². The van der Waals surface area contributed by atoms with E-state index in [-0.39, 0.29) is 11.8 Å². The first-order valence-electron chi connectivity index (χ1n) is 9.61. The van der Waals surface area contributed by atoms with E-state index in [0.29, 0.717) is 44.0 Å². The highest BCUT2D eigenvalue weighted by molar-refractivity contribution is 5.96. The Morgan fingerprint density at radius 1 is 1.04 bits per heavy atom. The third-order valence-electron chi connectivity index (χ3n) is 5.47. The van der Waals surface area contributed by atoms with Gasteiger partial charge in [-0.1, -0.05) is 19.1 Å². The van der Waals surface area contributed by atoms with Gasteiger partial charge in [0, 0.05) is 62.5 Å². The monoisotopic (exact) mass is 367 g/mol. The fraction of sp³-hybridized carbons (Fsp3) is 0.450. The molecule has 2 aliphatic rings. The largest absolute Gasteiger partial charge is 0.335 e.